The van der Waals surface area contributed by atoms with Crippen molar-refractivity contribution in [3.63, 3.8) is 0 Å². The Morgan fingerprint density at radius 2 is 2.13 bits per heavy atom. The lowest BCUT2D eigenvalue weighted by Crippen LogP contribution is -2.41. The largest absolute Gasteiger partial charge is 0.401 e. The number of methoxy groups -OCH3 is 1. The number of likely N-dealkylation sites (N-methyl/N-ethyl adjacent to an activating group) is 1. The summed E-state index contributed by atoms with van der Waals surface area (Å²) in [5.41, 5.74) is 7.41. The molecule has 1 aromatic rings. The van der Waals surface area contributed by atoms with E-state index in [1.165, 1.54) is 18.2 Å². The molecule has 0 unspecified atom stereocenters. The molecule has 0 radical (unpaired) electrons. The van der Waals surface area contributed by atoms with Crippen LogP contribution in [0.1, 0.15) is 27.1 Å². The zero-order valence-corrected chi connectivity index (χ0v) is 17.7. The summed E-state index contributed by atoms with van der Waals surface area (Å²) in [5.74, 6) is -0.651. The summed E-state index contributed by atoms with van der Waals surface area (Å²) in [7, 11) is 3.07. The molecular weight excluding hydrogens is 403 g/mol. The third-order valence-corrected chi connectivity index (χ3v) is 4.85. The fourth-order valence-corrected chi connectivity index (χ4v) is 3.10. The number of nitrogens with zero attached hydrogens (tertiary/aromatic N) is 3. The molecule has 1 aromatic carbocycles. The van der Waals surface area contributed by atoms with Crippen molar-refractivity contribution in [1.29, 1.82) is 0 Å². The van der Waals surface area contributed by atoms with Crippen molar-refractivity contribution in [3.8, 4) is 0 Å². The second-order valence-corrected chi connectivity index (χ2v) is 7.08. The molecule has 2 N–H and O–H groups in total. The predicted molar refractivity (Wildman–Crippen MR) is 116 cm³/mol. The molecule has 8 nitrogen and oxygen atoms in total. The molecule has 0 saturated carbocycles. The number of benzene rings is 1. The summed E-state index contributed by atoms with van der Waals surface area (Å²) in [6, 6.07) is 6.39. The molecule has 9 heteroatoms. The van der Waals surface area contributed by atoms with Gasteiger partial charge >= 0.3 is 0 Å². The molecule has 166 valence electrons. The number of amides is 2. The fraction of sp³-hybridized carbons (Fsp3) is 0.364. The predicted octanol–water partition coefficient (Wildman–Crippen LogP) is 1.59. The average molecular weight is 430 g/mol. The van der Waals surface area contributed by atoms with Crippen LogP contribution in [-0.4, -0.2) is 81.1 Å². The minimum atomic E-state index is -0.408. The first-order valence-corrected chi connectivity index (χ1v) is 9.77. The highest BCUT2D eigenvalue weighted by atomic mass is 19.1. The van der Waals surface area contributed by atoms with E-state index in [9.17, 15) is 18.8 Å². The summed E-state index contributed by atoms with van der Waals surface area (Å²) < 4.78 is 18.4. The van der Waals surface area contributed by atoms with Gasteiger partial charge in [0, 0.05) is 57.7 Å². The average Bonchev–Trinajstić information content (AvgIpc) is 2.79. The van der Waals surface area contributed by atoms with E-state index in [0.717, 1.165) is 0 Å². The number of ether oxygens (including phenoxy) is 1. The van der Waals surface area contributed by atoms with Gasteiger partial charge in [-0.25, -0.2) is 4.39 Å². The number of halogens is 1. The molecule has 2 amide bonds. The second-order valence-electron chi connectivity index (χ2n) is 7.08. The molecular formula is C22H27FN4O4. The Morgan fingerprint density at radius 3 is 2.81 bits per heavy atom. The minimum absolute atomic E-state index is 0.0255. The molecule has 0 saturated heterocycles. The number of hydrogen-bond donors (Lipinski definition) is 1. The number of rotatable bonds is 10. The first kappa shape index (κ1) is 23.9. The lowest BCUT2D eigenvalue weighted by atomic mass is 10.1. The smallest absolute Gasteiger partial charge is 0.257 e. The molecule has 1 aliphatic heterocycles. The van der Waals surface area contributed by atoms with Gasteiger partial charge in [-0.05, 0) is 11.6 Å². The van der Waals surface area contributed by atoms with Crippen LogP contribution in [-0.2, 0) is 9.53 Å². The van der Waals surface area contributed by atoms with Crippen LogP contribution in [0.15, 0.2) is 52.4 Å². The Morgan fingerprint density at radius 1 is 1.39 bits per heavy atom. The number of hydrogen-bond acceptors (Lipinski definition) is 6. The Bertz CT molecular complexity index is 911. The minimum Gasteiger partial charge on any atom is -0.401 e. The summed E-state index contributed by atoms with van der Waals surface area (Å²) >= 11 is 0. The highest BCUT2D eigenvalue weighted by molar-refractivity contribution is 6.13. The second kappa shape index (κ2) is 11.8. The van der Waals surface area contributed by atoms with Gasteiger partial charge in [-0.2, -0.15) is 0 Å². The number of carbonyl (C=O) groups excluding carboxylic acids is 3. The summed E-state index contributed by atoms with van der Waals surface area (Å²) in [6.07, 6.45) is 2.87. The number of aliphatic imine (C=N–C) groups is 1. The number of carbonyl (C=O) groups is 3. The summed E-state index contributed by atoms with van der Waals surface area (Å²) in [4.78, 5) is 43.4. The maximum absolute atomic E-state index is 13.4. The monoisotopic (exact) mass is 430 g/mol. The van der Waals surface area contributed by atoms with Gasteiger partial charge in [-0.15, -0.1) is 0 Å². The van der Waals surface area contributed by atoms with Crippen LogP contribution in [0.25, 0.3) is 0 Å². The van der Waals surface area contributed by atoms with Crippen LogP contribution in [0, 0.1) is 0 Å². The Kier molecular flexibility index (Phi) is 9.08. The van der Waals surface area contributed by atoms with Crippen molar-refractivity contribution in [2.75, 3.05) is 46.9 Å². The molecule has 2 rings (SSSR count). The zero-order valence-electron chi connectivity index (χ0n) is 17.7. The molecule has 0 atom stereocenters. The van der Waals surface area contributed by atoms with Gasteiger partial charge in [0.05, 0.1) is 30.6 Å². The van der Waals surface area contributed by atoms with E-state index in [1.807, 2.05) is 0 Å². The Hall–Kier alpha value is -3.33. The number of aldehydes is 1. The number of nitrogens with two attached hydrogens (primary N) is 1. The Labute approximate surface area is 180 Å². The van der Waals surface area contributed by atoms with Gasteiger partial charge in [0.2, 0.25) is 0 Å². The van der Waals surface area contributed by atoms with Crippen molar-refractivity contribution in [2.24, 2.45) is 10.7 Å². The van der Waals surface area contributed by atoms with Crippen molar-refractivity contribution in [2.45, 2.75) is 6.42 Å². The highest BCUT2D eigenvalue weighted by Crippen LogP contribution is 2.15. The van der Waals surface area contributed by atoms with Crippen LogP contribution in [0.5, 0.6) is 0 Å². The first-order chi connectivity index (χ1) is 14.9. The van der Waals surface area contributed by atoms with Crippen molar-refractivity contribution in [3.05, 3.63) is 58.6 Å². The first-order valence-electron chi connectivity index (χ1n) is 9.77. The van der Waals surface area contributed by atoms with E-state index in [2.05, 4.69) is 4.99 Å². The molecule has 1 aliphatic rings. The van der Waals surface area contributed by atoms with E-state index in [1.54, 1.807) is 36.3 Å². The SMILES string of the molecule is COCCN1CCC(N)=C(C=NC/C(=C/F)CN(C)C(=O)c2ccccc2C=O)C1=O. The van der Waals surface area contributed by atoms with Crippen LogP contribution in [0.2, 0.25) is 0 Å². The quantitative estimate of drug-likeness (QED) is 0.448. The maximum atomic E-state index is 13.4. The van der Waals surface area contributed by atoms with E-state index in [4.69, 9.17) is 10.5 Å². The van der Waals surface area contributed by atoms with Gasteiger partial charge in [0.1, 0.15) is 0 Å². The third kappa shape index (κ3) is 6.32. The van der Waals surface area contributed by atoms with Gasteiger partial charge < -0.3 is 20.3 Å². The standard InChI is InChI=1S/C22H27FN4O4/c1-26(21(29)18-6-4-3-5-17(18)15-28)14-16(11-23)12-25-13-19-20(24)7-8-27(22(19)30)9-10-31-2/h3-6,11,13,15H,7-10,12,14,24H2,1-2H3/b16-11-,25-13?. The summed E-state index contributed by atoms with van der Waals surface area (Å²) in [6.45, 7) is 1.30. The fourth-order valence-electron chi connectivity index (χ4n) is 3.10. The molecule has 0 aliphatic carbocycles. The zero-order chi connectivity index (χ0) is 22.8. The summed E-state index contributed by atoms with van der Waals surface area (Å²) in [5, 5.41) is 0. The van der Waals surface area contributed by atoms with Crippen LogP contribution >= 0.6 is 0 Å². The lowest BCUT2D eigenvalue weighted by Gasteiger charge is -2.27. The van der Waals surface area contributed by atoms with E-state index in [0.29, 0.717) is 44.4 Å². The topological polar surface area (TPSA) is 105 Å². The molecule has 0 aromatic heterocycles. The molecule has 0 spiro atoms. The highest BCUT2D eigenvalue weighted by Gasteiger charge is 2.24. The van der Waals surface area contributed by atoms with Gasteiger partial charge in [-0.3, -0.25) is 19.4 Å². The van der Waals surface area contributed by atoms with Crippen LogP contribution in [0.4, 0.5) is 4.39 Å². The molecule has 31 heavy (non-hydrogen) atoms. The van der Waals surface area contributed by atoms with E-state index >= 15 is 0 Å². The normalized spacial score (nSPS) is 15.0. The third-order valence-electron chi connectivity index (χ3n) is 4.85. The maximum Gasteiger partial charge on any atom is 0.257 e. The van der Waals surface area contributed by atoms with E-state index < -0.39 is 5.91 Å². The van der Waals surface area contributed by atoms with Gasteiger partial charge in [0.25, 0.3) is 11.8 Å². The van der Waals surface area contributed by atoms with Gasteiger partial charge in [0.15, 0.2) is 6.29 Å². The van der Waals surface area contributed by atoms with Crippen LogP contribution in [0.3, 0.4) is 0 Å². The Balaban J connectivity index is 2.01. The molecule has 1 heterocycles. The van der Waals surface area contributed by atoms with E-state index in [-0.39, 0.29) is 41.3 Å². The molecule has 0 bridgehead atoms. The van der Waals surface area contributed by atoms with Crippen molar-refractivity contribution < 1.29 is 23.5 Å². The molecule has 0 fully saturated rings. The van der Waals surface area contributed by atoms with Crippen molar-refractivity contribution in [1.82, 2.24) is 9.80 Å². The van der Waals surface area contributed by atoms with Gasteiger partial charge in [-0.1, -0.05) is 18.2 Å². The van der Waals surface area contributed by atoms with Crippen molar-refractivity contribution >= 4 is 24.3 Å². The van der Waals surface area contributed by atoms with Crippen LogP contribution < -0.4 is 5.73 Å². The lowest BCUT2D eigenvalue weighted by molar-refractivity contribution is -0.127.